The first-order valence-corrected chi connectivity index (χ1v) is 18.6. The highest BCUT2D eigenvalue weighted by molar-refractivity contribution is 6.10. The van der Waals surface area contributed by atoms with E-state index in [9.17, 15) is 5.26 Å². The average Bonchev–Trinajstić information content (AvgIpc) is 3.85. The first-order valence-electron chi connectivity index (χ1n) is 18.6. The third-order valence-electron chi connectivity index (χ3n) is 10.6. The molecule has 0 N–H and O–H groups in total. The Hall–Kier alpha value is -7.80. The number of nitrogens with zero attached hydrogens (tertiary/aromatic N) is 4. The Balaban J connectivity index is 1.03. The third-order valence-corrected chi connectivity index (χ3v) is 10.6. The van der Waals surface area contributed by atoms with Crippen LogP contribution in [0.3, 0.4) is 0 Å². The van der Waals surface area contributed by atoms with Gasteiger partial charge >= 0.3 is 0 Å². The molecule has 7 aromatic carbocycles. The van der Waals surface area contributed by atoms with Gasteiger partial charge in [-0.3, -0.25) is 0 Å². The number of para-hydroxylation sites is 3. The molecule has 264 valence electrons. The monoisotopic (exact) mass is 720 g/mol. The second-order valence-electron chi connectivity index (χ2n) is 13.8. The number of furan rings is 2. The lowest BCUT2D eigenvalue weighted by atomic mass is 10.0. The Morgan fingerprint density at radius 3 is 1.70 bits per heavy atom. The summed E-state index contributed by atoms with van der Waals surface area (Å²) in [6.07, 6.45) is 6.21. The van der Waals surface area contributed by atoms with E-state index in [1.807, 2.05) is 66.7 Å². The van der Waals surface area contributed by atoms with Crippen LogP contribution in [0.5, 0.6) is 0 Å². The Morgan fingerprint density at radius 1 is 0.554 bits per heavy atom. The fraction of sp³-hybridized carbons (Fsp3) is 0.0400. The fourth-order valence-electron chi connectivity index (χ4n) is 7.89. The molecule has 0 spiro atoms. The van der Waals surface area contributed by atoms with Crippen LogP contribution in [-0.2, 0) is 6.42 Å². The third kappa shape index (κ3) is 5.57. The van der Waals surface area contributed by atoms with E-state index in [-0.39, 0.29) is 0 Å². The normalized spacial score (nSPS) is 12.0. The van der Waals surface area contributed by atoms with Crippen molar-refractivity contribution in [2.45, 2.75) is 12.8 Å². The summed E-state index contributed by atoms with van der Waals surface area (Å²) >= 11 is 0. The summed E-state index contributed by atoms with van der Waals surface area (Å²) in [6, 6.07) is 55.4. The molecule has 10 rings (SSSR count). The van der Waals surface area contributed by atoms with Crippen molar-refractivity contribution in [2.75, 3.05) is 9.80 Å². The van der Waals surface area contributed by atoms with Gasteiger partial charge in [-0.15, -0.1) is 0 Å². The lowest BCUT2D eigenvalue weighted by Crippen LogP contribution is -2.10. The zero-order valence-electron chi connectivity index (χ0n) is 30.2. The molecule has 0 aliphatic heterocycles. The van der Waals surface area contributed by atoms with Crippen molar-refractivity contribution in [2.24, 2.45) is 0 Å². The van der Waals surface area contributed by atoms with Crippen LogP contribution < -0.4 is 9.80 Å². The summed E-state index contributed by atoms with van der Waals surface area (Å²) in [7, 11) is 0. The minimum Gasteiger partial charge on any atom is -0.454 e. The number of fused-ring (bicyclic) bond motifs is 6. The number of nitriles is 1. The molecule has 9 aromatic rings. The van der Waals surface area contributed by atoms with Crippen LogP contribution in [0, 0.1) is 17.9 Å². The van der Waals surface area contributed by atoms with Crippen LogP contribution in [0.15, 0.2) is 173 Å². The number of hydrogen-bond acceptors (Lipinski definition) is 5. The largest absolute Gasteiger partial charge is 0.454 e. The van der Waals surface area contributed by atoms with Gasteiger partial charge in [0.1, 0.15) is 11.3 Å². The summed E-state index contributed by atoms with van der Waals surface area (Å²) in [4.78, 5) is 8.01. The molecule has 0 fully saturated rings. The van der Waals surface area contributed by atoms with Crippen LogP contribution in [0.4, 0.5) is 39.8 Å². The molecule has 1 aliphatic carbocycles. The lowest BCUT2D eigenvalue weighted by molar-refractivity contribution is 0.596. The number of hydrogen-bond donors (Lipinski definition) is 0. The van der Waals surface area contributed by atoms with E-state index in [0.29, 0.717) is 11.3 Å². The first kappa shape index (κ1) is 32.8. The molecule has 6 heteroatoms. The van der Waals surface area contributed by atoms with Crippen LogP contribution in [-0.4, -0.2) is 0 Å². The van der Waals surface area contributed by atoms with Crippen molar-refractivity contribution in [3.05, 3.63) is 192 Å². The summed E-state index contributed by atoms with van der Waals surface area (Å²) in [6.45, 7) is 7.50. The highest BCUT2D eigenvalue weighted by Crippen LogP contribution is 2.45. The van der Waals surface area contributed by atoms with E-state index in [1.165, 1.54) is 5.56 Å². The molecule has 56 heavy (non-hydrogen) atoms. The quantitative estimate of drug-likeness (QED) is 0.153. The predicted octanol–water partition coefficient (Wildman–Crippen LogP) is 14.3. The van der Waals surface area contributed by atoms with Crippen LogP contribution >= 0.6 is 0 Å². The number of allylic oxidation sites excluding steroid dienone is 1. The first-order chi connectivity index (χ1) is 27.7. The molecule has 0 radical (unpaired) electrons. The molecule has 1 aliphatic rings. The van der Waals surface area contributed by atoms with Crippen LogP contribution in [0.25, 0.3) is 55.0 Å². The van der Waals surface area contributed by atoms with Gasteiger partial charge in [-0.1, -0.05) is 84.9 Å². The minimum atomic E-state index is 0.594. The number of benzene rings is 7. The van der Waals surface area contributed by atoms with Gasteiger partial charge in [0.25, 0.3) is 0 Å². The van der Waals surface area contributed by atoms with Crippen molar-refractivity contribution in [1.82, 2.24) is 0 Å². The van der Waals surface area contributed by atoms with Gasteiger partial charge in [0.2, 0.25) is 0 Å². The topological polar surface area (TPSA) is 60.9 Å². The molecule has 2 aromatic heterocycles. The van der Waals surface area contributed by atoms with Gasteiger partial charge in [-0.25, -0.2) is 4.85 Å². The second-order valence-corrected chi connectivity index (χ2v) is 13.8. The minimum absolute atomic E-state index is 0.594. The van der Waals surface area contributed by atoms with Gasteiger partial charge in [-0.05, 0) is 109 Å². The number of aryl methyl sites for hydroxylation is 1. The maximum atomic E-state index is 9.52. The van der Waals surface area contributed by atoms with E-state index in [1.54, 1.807) is 0 Å². The molecule has 0 saturated heterocycles. The predicted molar refractivity (Wildman–Crippen MR) is 227 cm³/mol. The Labute approximate surface area is 323 Å². The summed E-state index contributed by atoms with van der Waals surface area (Å²) in [5, 5.41) is 12.8. The molecular formula is C50H32N4O2. The second kappa shape index (κ2) is 13.6. The van der Waals surface area contributed by atoms with Crippen molar-refractivity contribution >= 4 is 78.8 Å². The number of anilines is 6. The molecule has 0 saturated carbocycles. The maximum Gasteiger partial charge on any atom is 0.187 e. The Bertz CT molecular complexity index is 3030. The molecule has 0 unspecified atom stereocenters. The molecule has 0 atom stereocenters. The van der Waals surface area contributed by atoms with Crippen LogP contribution in [0.1, 0.15) is 23.3 Å². The zero-order chi connectivity index (χ0) is 37.6. The van der Waals surface area contributed by atoms with Gasteiger partial charge in [0, 0.05) is 44.5 Å². The Morgan fingerprint density at radius 2 is 1.09 bits per heavy atom. The fourth-order valence-corrected chi connectivity index (χ4v) is 7.89. The van der Waals surface area contributed by atoms with E-state index >= 15 is 0 Å². The standard InChI is InChI=1S/C50H32N4O2/c1-52-36-22-30-40(31-23-36)54(46-13-7-11-44-42-9-3-5-15-48(42)56-50(44)46)39-28-20-35(21-29-39)34-18-26-38(27-19-34)53(37-24-16-33(32-51)17-25-37)45-12-6-10-43-41-8-2-4-14-47(41)55-49(43)45/h2,4-8,10-31H,3,9H2. The van der Waals surface area contributed by atoms with Gasteiger partial charge in [0.05, 0.1) is 29.6 Å². The molecular weight excluding hydrogens is 689 g/mol. The molecule has 0 bridgehead atoms. The molecule has 2 heterocycles. The smallest absolute Gasteiger partial charge is 0.187 e. The lowest BCUT2D eigenvalue weighted by Gasteiger charge is -2.26. The molecule has 0 amide bonds. The van der Waals surface area contributed by atoms with Crippen LogP contribution in [0.2, 0.25) is 0 Å². The van der Waals surface area contributed by atoms with Gasteiger partial charge < -0.3 is 18.6 Å². The number of rotatable bonds is 7. The zero-order valence-corrected chi connectivity index (χ0v) is 30.2. The summed E-state index contributed by atoms with van der Waals surface area (Å²) in [5.41, 5.74) is 12.7. The van der Waals surface area contributed by atoms with Crippen molar-refractivity contribution in [3.8, 4) is 17.2 Å². The highest BCUT2D eigenvalue weighted by Gasteiger charge is 2.23. The van der Waals surface area contributed by atoms with Crippen molar-refractivity contribution < 1.29 is 8.83 Å². The van der Waals surface area contributed by atoms with E-state index in [0.717, 1.165) is 96.8 Å². The maximum absolute atomic E-state index is 9.52. The van der Waals surface area contributed by atoms with E-state index in [2.05, 4.69) is 124 Å². The van der Waals surface area contributed by atoms with Crippen molar-refractivity contribution in [3.63, 3.8) is 0 Å². The Kier molecular flexibility index (Phi) is 7.95. The highest BCUT2D eigenvalue weighted by atomic mass is 16.3. The molecule has 6 nitrogen and oxygen atoms in total. The summed E-state index contributed by atoms with van der Waals surface area (Å²) in [5.74, 6) is 0.924. The van der Waals surface area contributed by atoms with Gasteiger partial charge in [0.15, 0.2) is 16.9 Å². The average molecular weight is 721 g/mol. The van der Waals surface area contributed by atoms with E-state index in [4.69, 9.17) is 15.4 Å². The van der Waals surface area contributed by atoms with Gasteiger partial charge in [-0.2, -0.15) is 5.26 Å². The summed E-state index contributed by atoms with van der Waals surface area (Å²) < 4.78 is 13.0. The van der Waals surface area contributed by atoms with Crippen molar-refractivity contribution in [1.29, 1.82) is 5.26 Å². The SMILES string of the molecule is [C-]#[N+]c1ccc(N(c2ccc(-c3ccc(N(c4ccc(C#N)cc4)c4cccc5c4oc4ccccc45)cc3)cc2)c2cccc3c4c(oc23)C=CCC4)cc1. The van der Waals surface area contributed by atoms with E-state index < -0.39 is 0 Å².